The summed E-state index contributed by atoms with van der Waals surface area (Å²) in [6, 6.07) is 0.663. The molecule has 7 nitrogen and oxygen atoms in total. The van der Waals surface area contributed by atoms with Crippen LogP contribution in [0.15, 0.2) is 11.7 Å². The van der Waals surface area contributed by atoms with Crippen molar-refractivity contribution in [1.82, 2.24) is 30.4 Å². The van der Waals surface area contributed by atoms with Gasteiger partial charge in [-0.15, -0.1) is 11.3 Å². The van der Waals surface area contributed by atoms with Gasteiger partial charge in [0.1, 0.15) is 6.33 Å². The first-order chi connectivity index (χ1) is 10.1. The van der Waals surface area contributed by atoms with Crippen molar-refractivity contribution in [2.24, 2.45) is 0 Å². The molecule has 1 fully saturated rings. The van der Waals surface area contributed by atoms with Crippen molar-refractivity contribution in [2.45, 2.75) is 32.4 Å². The Balaban J connectivity index is 1.65. The summed E-state index contributed by atoms with van der Waals surface area (Å²) < 4.78 is 0. The molecule has 0 spiro atoms. The van der Waals surface area contributed by atoms with Crippen LogP contribution in [-0.2, 0) is 11.2 Å². The largest absolute Gasteiger partial charge is 0.339 e. The summed E-state index contributed by atoms with van der Waals surface area (Å²) in [5.74, 6) is 0.771. The molecule has 2 atom stereocenters. The summed E-state index contributed by atoms with van der Waals surface area (Å²) in [6.45, 7) is 5.70. The first-order valence-electron chi connectivity index (χ1n) is 6.96. The molecular formula is C13H18N6OS. The van der Waals surface area contributed by atoms with Crippen molar-refractivity contribution >= 4 is 17.2 Å². The van der Waals surface area contributed by atoms with E-state index in [0.717, 1.165) is 23.8 Å². The molecule has 1 aliphatic rings. The summed E-state index contributed by atoms with van der Waals surface area (Å²) in [5.41, 5.74) is 0.787. The van der Waals surface area contributed by atoms with Crippen molar-refractivity contribution in [3.63, 3.8) is 0 Å². The third-order valence-corrected chi connectivity index (χ3v) is 4.31. The van der Waals surface area contributed by atoms with Crippen molar-refractivity contribution in [3.8, 4) is 10.8 Å². The molecule has 1 saturated heterocycles. The molecule has 0 radical (unpaired) electrons. The number of hydrogen-bond donors (Lipinski definition) is 2. The summed E-state index contributed by atoms with van der Waals surface area (Å²) in [4.78, 5) is 22.8. The monoisotopic (exact) mass is 306 g/mol. The Hall–Kier alpha value is -1.80. The van der Waals surface area contributed by atoms with E-state index in [9.17, 15) is 4.79 Å². The summed E-state index contributed by atoms with van der Waals surface area (Å²) >= 11 is 1.47. The zero-order chi connectivity index (χ0) is 14.8. The number of rotatable bonds is 3. The smallest absolute Gasteiger partial charge is 0.228 e. The number of nitrogens with one attached hydrogen (secondary N) is 2. The van der Waals surface area contributed by atoms with Crippen LogP contribution < -0.4 is 5.32 Å². The first-order valence-corrected chi connectivity index (χ1v) is 7.83. The molecule has 0 saturated carbocycles. The molecule has 0 aliphatic carbocycles. The predicted molar refractivity (Wildman–Crippen MR) is 79.8 cm³/mol. The fourth-order valence-corrected chi connectivity index (χ4v) is 3.37. The van der Waals surface area contributed by atoms with E-state index in [1.54, 1.807) is 0 Å². The highest BCUT2D eigenvalue weighted by Crippen LogP contribution is 2.20. The third-order valence-electron chi connectivity index (χ3n) is 3.41. The third kappa shape index (κ3) is 3.27. The normalized spacial score (nSPS) is 22.5. The highest BCUT2D eigenvalue weighted by molar-refractivity contribution is 7.13. The number of thiazole rings is 1. The molecule has 8 heteroatoms. The minimum atomic E-state index is 0.129. The first kappa shape index (κ1) is 14.2. The molecule has 21 heavy (non-hydrogen) atoms. The van der Waals surface area contributed by atoms with Crippen LogP contribution in [0.2, 0.25) is 0 Å². The van der Waals surface area contributed by atoms with Gasteiger partial charge in [-0.3, -0.25) is 9.89 Å². The van der Waals surface area contributed by atoms with Crippen LogP contribution in [0.3, 0.4) is 0 Å². The molecule has 0 unspecified atom stereocenters. The van der Waals surface area contributed by atoms with Gasteiger partial charge in [0.05, 0.1) is 12.1 Å². The van der Waals surface area contributed by atoms with Gasteiger partial charge in [-0.05, 0) is 13.8 Å². The van der Waals surface area contributed by atoms with Crippen molar-refractivity contribution < 1.29 is 4.79 Å². The molecule has 3 rings (SSSR count). The maximum absolute atomic E-state index is 12.4. The molecular weight excluding hydrogens is 288 g/mol. The molecule has 2 N–H and O–H groups in total. The molecule has 0 bridgehead atoms. The van der Waals surface area contributed by atoms with Gasteiger partial charge in [-0.1, -0.05) is 0 Å². The number of piperazine rings is 1. The quantitative estimate of drug-likeness (QED) is 0.871. The number of nitrogens with zero attached hydrogens (tertiary/aromatic N) is 4. The van der Waals surface area contributed by atoms with E-state index in [4.69, 9.17) is 0 Å². The van der Waals surface area contributed by atoms with Gasteiger partial charge in [0.25, 0.3) is 0 Å². The van der Waals surface area contributed by atoms with Crippen LogP contribution in [0.1, 0.15) is 19.5 Å². The second kappa shape index (κ2) is 5.90. The lowest BCUT2D eigenvalue weighted by molar-refractivity contribution is -0.132. The van der Waals surface area contributed by atoms with E-state index < -0.39 is 0 Å². The molecule has 0 aromatic carbocycles. The summed E-state index contributed by atoms with van der Waals surface area (Å²) in [6.07, 6.45) is 1.79. The lowest BCUT2D eigenvalue weighted by atomic mass is 10.1. The molecule has 2 aromatic heterocycles. The minimum Gasteiger partial charge on any atom is -0.339 e. The SMILES string of the molecule is C[C@@H]1CN(C(=O)Cc2csc(-c3ncn[nH]3)n2)C[C@H](C)N1. The number of aromatic nitrogens is 4. The molecule has 1 amide bonds. The average Bonchev–Trinajstić information content (AvgIpc) is 3.07. The number of amides is 1. The second-order valence-electron chi connectivity index (χ2n) is 5.42. The van der Waals surface area contributed by atoms with Gasteiger partial charge < -0.3 is 10.2 Å². The number of carbonyl (C=O) groups excluding carboxylic acids is 1. The molecule has 112 valence electrons. The van der Waals surface area contributed by atoms with Gasteiger partial charge in [-0.25, -0.2) is 9.97 Å². The minimum absolute atomic E-state index is 0.129. The Kier molecular flexibility index (Phi) is 3.98. The highest BCUT2D eigenvalue weighted by Gasteiger charge is 2.25. The maximum atomic E-state index is 12.4. The molecule has 2 aromatic rings. The number of aromatic amines is 1. The molecule has 1 aliphatic heterocycles. The van der Waals surface area contributed by atoms with Crippen molar-refractivity contribution in [3.05, 3.63) is 17.4 Å². The fourth-order valence-electron chi connectivity index (χ4n) is 2.60. The number of H-pyrrole nitrogens is 1. The van der Waals surface area contributed by atoms with Crippen LogP contribution in [0, 0.1) is 0 Å². The van der Waals surface area contributed by atoms with Gasteiger partial charge in [0, 0.05) is 30.6 Å². The Bertz CT molecular complexity index is 600. The van der Waals surface area contributed by atoms with Gasteiger partial charge in [0.2, 0.25) is 5.91 Å². The summed E-state index contributed by atoms with van der Waals surface area (Å²) in [5, 5.41) is 12.7. The number of carbonyl (C=O) groups is 1. The van der Waals surface area contributed by atoms with Crippen LogP contribution in [-0.4, -0.2) is 56.1 Å². The van der Waals surface area contributed by atoms with Crippen molar-refractivity contribution in [2.75, 3.05) is 13.1 Å². The Morgan fingerprint density at radius 2 is 2.19 bits per heavy atom. The zero-order valence-corrected chi connectivity index (χ0v) is 12.9. The number of hydrogen-bond acceptors (Lipinski definition) is 6. The van der Waals surface area contributed by atoms with Crippen molar-refractivity contribution in [1.29, 1.82) is 0 Å². The Morgan fingerprint density at radius 1 is 1.43 bits per heavy atom. The average molecular weight is 306 g/mol. The fraction of sp³-hybridized carbons (Fsp3) is 0.538. The van der Waals surface area contributed by atoms with E-state index in [0.29, 0.717) is 24.3 Å². The van der Waals surface area contributed by atoms with E-state index in [-0.39, 0.29) is 5.91 Å². The highest BCUT2D eigenvalue weighted by atomic mass is 32.1. The zero-order valence-electron chi connectivity index (χ0n) is 12.0. The van der Waals surface area contributed by atoms with Crippen LogP contribution >= 0.6 is 11.3 Å². The lowest BCUT2D eigenvalue weighted by Gasteiger charge is -2.36. The lowest BCUT2D eigenvalue weighted by Crippen LogP contribution is -2.56. The standard InChI is InChI=1S/C13H18N6OS/c1-8-4-19(5-9(2)16-8)11(20)3-10-6-21-13(17-10)12-14-7-15-18-12/h6-9,16H,3-5H2,1-2H3,(H,14,15,18)/t8-,9+. The predicted octanol–water partition coefficient (Wildman–Crippen LogP) is 0.679. The van der Waals surface area contributed by atoms with Gasteiger partial charge in [0.15, 0.2) is 10.8 Å². The summed E-state index contributed by atoms with van der Waals surface area (Å²) in [7, 11) is 0. The van der Waals surface area contributed by atoms with Crippen LogP contribution in [0.4, 0.5) is 0 Å². The topological polar surface area (TPSA) is 86.8 Å². The van der Waals surface area contributed by atoms with Crippen LogP contribution in [0.25, 0.3) is 10.8 Å². The van der Waals surface area contributed by atoms with E-state index in [2.05, 4.69) is 39.3 Å². The van der Waals surface area contributed by atoms with E-state index >= 15 is 0 Å². The van der Waals surface area contributed by atoms with E-state index in [1.165, 1.54) is 17.7 Å². The Morgan fingerprint density at radius 3 is 2.86 bits per heavy atom. The van der Waals surface area contributed by atoms with Gasteiger partial charge >= 0.3 is 0 Å². The maximum Gasteiger partial charge on any atom is 0.228 e. The van der Waals surface area contributed by atoms with Gasteiger partial charge in [-0.2, -0.15) is 5.10 Å². The van der Waals surface area contributed by atoms with E-state index in [1.807, 2.05) is 10.3 Å². The second-order valence-corrected chi connectivity index (χ2v) is 6.28. The molecule has 3 heterocycles. The van der Waals surface area contributed by atoms with Crippen LogP contribution in [0.5, 0.6) is 0 Å². The Labute approximate surface area is 126 Å².